The summed E-state index contributed by atoms with van der Waals surface area (Å²) in [4.78, 5) is 33.4. The third-order valence-corrected chi connectivity index (χ3v) is 7.22. The quantitative estimate of drug-likeness (QED) is 0.302. The molecule has 0 radical (unpaired) electrons. The number of rotatable bonds is 7. The fraction of sp³-hybridized carbons (Fsp3) is 0.208. The minimum absolute atomic E-state index is 0.00266. The van der Waals surface area contributed by atoms with Crippen LogP contribution in [0, 0.1) is 0 Å². The summed E-state index contributed by atoms with van der Waals surface area (Å²) < 4.78 is 27.3. The van der Waals surface area contributed by atoms with Crippen LogP contribution in [0.3, 0.4) is 0 Å². The van der Waals surface area contributed by atoms with E-state index in [1.807, 2.05) is 24.4 Å². The number of aromatic amines is 1. The predicted molar refractivity (Wildman–Crippen MR) is 138 cm³/mol. The van der Waals surface area contributed by atoms with Crippen molar-refractivity contribution >= 4 is 38.0 Å². The normalized spacial score (nSPS) is 12.0. The number of aromatic nitrogens is 5. The number of sulfonamides is 1. The van der Waals surface area contributed by atoms with Gasteiger partial charge in [-0.15, -0.1) is 0 Å². The number of aryl methyl sites for hydroxylation is 1. The summed E-state index contributed by atoms with van der Waals surface area (Å²) in [5.74, 6) is 0.429. The highest BCUT2D eigenvalue weighted by Crippen LogP contribution is 2.21. The first-order valence-electron chi connectivity index (χ1n) is 11.2. The Balaban J connectivity index is 1.52. The molecule has 3 aromatic heterocycles. The first-order valence-corrected chi connectivity index (χ1v) is 12.8. The fourth-order valence-electron chi connectivity index (χ4n) is 4.35. The van der Waals surface area contributed by atoms with Gasteiger partial charge in [-0.25, -0.2) is 18.4 Å². The highest BCUT2D eigenvalue weighted by atomic mass is 32.2. The Bertz CT molecular complexity index is 1830. The van der Waals surface area contributed by atoms with Crippen LogP contribution < -0.4 is 21.7 Å². The number of fused-ring (bicyclic) bond motifs is 2. The Morgan fingerprint density at radius 1 is 1.03 bits per heavy atom. The zero-order chi connectivity index (χ0) is 25.6. The molecule has 0 atom stereocenters. The molecule has 11 nitrogen and oxygen atoms in total. The standard InChI is InChI=1S/C24H25N7O4S/c1-29-21-20(22(32)30(2)24(29)33)31(14-15-7-9-17(10-8-15)36(25,34)35)23(28-21)26-12-11-16-13-27-19-6-4-3-5-18(16)19/h3-10,13,27H,11-12,14H2,1-2H3,(H,26,28)(H2,25,34,35). The van der Waals surface area contributed by atoms with Crippen LogP contribution in [0.2, 0.25) is 0 Å². The molecule has 0 bridgehead atoms. The van der Waals surface area contributed by atoms with Gasteiger partial charge in [-0.3, -0.25) is 18.5 Å². The zero-order valence-corrected chi connectivity index (χ0v) is 20.5. The van der Waals surface area contributed by atoms with Gasteiger partial charge in [-0.05, 0) is 35.7 Å². The highest BCUT2D eigenvalue weighted by molar-refractivity contribution is 7.89. The van der Waals surface area contributed by atoms with Crippen LogP contribution in [-0.2, 0) is 37.1 Å². The van der Waals surface area contributed by atoms with Crippen molar-refractivity contribution in [3.63, 3.8) is 0 Å². The van der Waals surface area contributed by atoms with Gasteiger partial charge in [0, 0.05) is 37.7 Å². The molecule has 0 amide bonds. The van der Waals surface area contributed by atoms with Crippen molar-refractivity contribution in [2.24, 2.45) is 19.2 Å². The van der Waals surface area contributed by atoms with E-state index in [1.165, 1.54) is 23.7 Å². The van der Waals surface area contributed by atoms with Gasteiger partial charge in [-0.1, -0.05) is 30.3 Å². The third-order valence-electron chi connectivity index (χ3n) is 6.29. The van der Waals surface area contributed by atoms with Crippen LogP contribution in [-0.4, -0.2) is 38.6 Å². The lowest BCUT2D eigenvalue weighted by atomic mass is 10.1. The summed E-state index contributed by atoms with van der Waals surface area (Å²) in [6.07, 6.45) is 2.68. The number of hydrogen-bond acceptors (Lipinski definition) is 6. The molecule has 0 aliphatic heterocycles. The molecule has 0 fully saturated rings. The highest BCUT2D eigenvalue weighted by Gasteiger charge is 2.19. The van der Waals surface area contributed by atoms with Crippen LogP contribution in [0.1, 0.15) is 11.1 Å². The lowest BCUT2D eigenvalue weighted by Crippen LogP contribution is -2.37. The van der Waals surface area contributed by atoms with E-state index in [0.29, 0.717) is 18.9 Å². The Morgan fingerprint density at radius 3 is 2.47 bits per heavy atom. The summed E-state index contributed by atoms with van der Waals surface area (Å²) in [6, 6.07) is 14.1. The summed E-state index contributed by atoms with van der Waals surface area (Å²) in [5, 5.41) is 9.66. The number of nitrogens with one attached hydrogen (secondary N) is 2. The largest absolute Gasteiger partial charge is 0.361 e. The number of nitrogens with two attached hydrogens (primary N) is 1. The minimum Gasteiger partial charge on any atom is -0.361 e. The van der Waals surface area contributed by atoms with E-state index in [2.05, 4.69) is 21.4 Å². The number of nitrogens with zero attached hydrogens (tertiary/aromatic N) is 4. The van der Waals surface area contributed by atoms with Crippen molar-refractivity contribution in [2.45, 2.75) is 17.9 Å². The summed E-state index contributed by atoms with van der Waals surface area (Å²) in [5.41, 5.74) is 2.52. The lowest BCUT2D eigenvalue weighted by molar-refractivity contribution is 0.597. The molecule has 186 valence electrons. The summed E-state index contributed by atoms with van der Waals surface area (Å²) in [6.45, 7) is 0.758. The fourth-order valence-corrected chi connectivity index (χ4v) is 4.87. The number of para-hydroxylation sites is 1. The van der Waals surface area contributed by atoms with E-state index < -0.39 is 21.3 Å². The minimum atomic E-state index is -3.82. The van der Waals surface area contributed by atoms with Gasteiger partial charge < -0.3 is 10.3 Å². The van der Waals surface area contributed by atoms with Gasteiger partial charge in [0.25, 0.3) is 5.56 Å². The van der Waals surface area contributed by atoms with Gasteiger partial charge in [0.15, 0.2) is 11.2 Å². The van der Waals surface area contributed by atoms with Crippen molar-refractivity contribution in [1.29, 1.82) is 0 Å². The second-order valence-electron chi connectivity index (χ2n) is 8.62. The van der Waals surface area contributed by atoms with Crippen molar-refractivity contribution in [3.05, 3.63) is 86.7 Å². The molecule has 0 spiro atoms. The molecule has 0 aliphatic carbocycles. The monoisotopic (exact) mass is 507 g/mol. The Morgan fingerprint density at radius 2 is 1.75 bits per heavy atom. The van der Waals surface area contributed by atoms with E-state index in [0.717, 1.165) is 26.6 Å². The van der Waals surface area contributed by atoms with Crippen molar-refractivity contribution in [1.82, 2.24) is 23.7 Å². The van der Waals surface area contributed by atoms with E-state index in [9.17, 15) is 18.0 Å². The molecule has 2 aromatic carbocycles. The van der Waals surface area contributed by atoms with Crippen molar-refractivity contribution in [3.8, 4) is 0 Å². The molecule has 12 heteroatoms. The Labute approximate surface area is 205 Å². The first-order chi connectivity index (χ1) is 17.1. The van der Waals surface area contributed by atoms with Gasteiger partial charge >= 0.3 is 5.69 Å². The number of imidazole rings is 1. The molecule has 5 rings (SSSR count). The average Bonchev–Trinajstić information content (AvgIpc) is 3.43. The maximum absolute atomic E-state index is 13.1. The van der Waals surface area contributed by atoms with E-state index >= 15 is 0 Å². The van der Waals surface area contributed by atoms with Crippen LogP contribution in [0.4, 0.5) is 5.95 Å². The van der Waals surface area contributed by atoms with Crippen molar-refractivity contribution < 1.29 is 8.42 Å². The van der Waals surface area contributed by atoms with Gasteiger partial charge in [0.2, 0.25) is 16.0 Å². The molecule has 0 unspecified atom stereocenters. The summed E-state index contributed by atoms with van der Waals surface area (Å²) >= 11 is 0. The molecule has 5 aromatic rings. The van der Waals surface area contributed by atoms with Gasteiger partial charge in [0.1, 0.15) is 0 Å². The van der Waals surface area contributed by atoms with Crippen LogP contribution in [0.5, 0.6) is 0 Å². The molecule has 3 heterocycles. The van der Waals surface area contributed by atoms with E-state index in [-0.39, 0.29) is 22.6 Å². The third kappa shape index (κ3) is 4.10. The number of primary sulfonamides is 1. The molecule has 0 saturated carbocycles. The van der Waals surface area contributed by atoms with Crippen LogP contribution in [0.15, 0.2) is 69.2 Å². The van der Waals surface area contributed by atoms with Gasteiger partial charge in [0.05, 0.1) is 11.4 Å². The van der Waals surface area contributed by atoms with Crippen molar-refractivity contribution in [2.75, 3.05) is 11.9 Å². The second kappa shape index (κ2) is 8.81. The van der Waals surface area contributed by atoms with E-state index in [4.69, 9.17) is 5.14 Å². The van der Waals surface area contributed by atoms with Crippen LogP contribution >= 0.6 is 0 Å². The number of anilines is 1. The number of H-pyrrole nitrogens is 1. The molecule has 36 heavy (non-hydrogen) atoms. The number of hydrogen-bond donors (Lipinski definition) is 3. The predicted octanol–water partition coefficient (Wildman–Crippen LogP) is 1.27. The molecule has 0 aliphatic rings. The second-order valence-corrected chi connectivity index (χ2v) is 10.2. The van der Waals surface area contributed by atoms with E-state index in [1.54, 1.807) is 23.7 Å². The molecular weight excluding hydrogens is 482 g/mol. The molecule has 4 N–H and O–H groups in total. The summed E-state index contributed by atoms with van der Waals surface area (Å²) in [7, 11) is -0.831. The Kier molecular flexibility index (Phi) is 5.77. The first kappa shape index (κ1) is 23.6. The molecule has 0 saturated heterocycles. The maximum Gasteiger partial charge on any atom is 0.332 e. The topological polar surface area (TPSA) is 150 Å². The van der Waals surface area contributed by atoms with Crippen LogP contribution in [0.25, 0.3) is 22.1 Å². The Hall–Kier alpha value is -4.16. The maximum atomic E-state index is 13.1. The van der Waals surface area contributed by atoms with Gasteiger partial charge in [-0.2, -0.15) is 4.98 Å². The number of benzene rings is 2. The SMILES string of the molecule is Cn1c(=O)c2c(nc(NCCc3c[nH]c4ccccc34)n2Cc2ccc(S(N)(=O)=O)cc2)n(C)c1=O. The lowest BCUT2D eigenvalue weighted by Gasteiger charge is -2.11. The average molecular weight is 508 g/mol. The smallest absolute Gasteiger partial charge is 0.332 e. The molecular formula is C24H25N7O4S. The zero-order valence-electron chi connectivity index (χ0n) is 19.7.